The molecule has 0 N–H and O–H groups in total. The van der Waals surface area contributed by atoms with Crippen LogP contribution in [-0.4, -0.2) is 48.6 Å². The van der Waals surface area contributed by atoms with Crippen molar-refractivity contribution in [3.8, 4) is 17.3 Å². The molecule has 0 bridgehead atoms. The normalized spacial score (nSPS) is 17.3. The Hall–Kier alpha value is -3.03. The van der Waals surface area contributed by atoms with Gasteiger partial charge in [0.05, 0.1) is 0 Å². The number of amides is 1. The van der Waals surface area contributed by atoms with E-state index >= 15 is 0 Å². The molecule has 0 aliphatic carbocycles. The van der Waals surface area contributed by atoms with Gasteiger partial charge in [-0.05, 0) is 30.9 Å². The van der Waals surface area contributed by atoms with E-state index in [1.807, 2.05) is 30.9 Å². The Kier molecular flexibility index (Phi) is 4.93. The van der Waals surface area contributed by atoms with Crippen LogP contribution < -0.4 is 0 Å². The van der Waals surface area contributed by atoms with Crippen molar-refractivity contribution < 1.29 is 9.32 Å². The van der Waals surface area contributed by atoms with Crippen molar-refractivity contribution >= 4 is 5.91 Å². The molecule has 3 aromatic rings. The van der Waals surface area contributed by atoms with Crippen LogP contribution in [-0.2, 0) is 0 Å². The van der Waals surface area contributed by atoms with Gasteiger partial charge in [0.15, 0.2) is 5.82 Å². The molecule has 4 heterocycles. The summed E-state index contributed by atoms with van der Waals surface area (Å²) in [4.78, 5) is 27.7. The van der Waals surface area contributed by atoms with Gasteiger partial charge in [-0.1, -0.05) is 25.9 Å². The van der Waals surface area contributed by atoms with Crippen LogP contribution in [0.3, 0.4) is 0 Å². The second-order valence-electron chi connectivity index (χ2n) is 7.68. The van der Waals surface area contributed by atoms with Gasteiger partial charge in [0.2, 0.25) is 0 Å². The highest BCUT2D eigenvalue weighted by atomic mass is 16.5. The Balaban J connectivity index is 1.56. The summed E-state index contributed by atoms with van der Waals surface area (Å²) in [5.74, 6) is 2.45. The molecule has 0 aromatic carbocycles. The molecule has 8 nitrogen and oxygen atoms in total. The van der Waals surface area contributed by atoms with E-state index in [0.29, 0.717) is 29.1 Å². The summed E-state index contributed by atoms with van der Waals surface area (Å²) >= 11 is 0. The number of carbonyl (C=O) groups is 1. The van der Waals surface area contributed by atoms with Crippen LogP contribution in [0.15, 0.2) is 35.4 Å². The van der Waals surface area contributed by atoms with E-state index in [9.17, 15) is 4.79 Å². The predicted molar refractivity (Wildman–Crippen MR) is 103 cm³/mol. The Morgan fingerprint density at radius 3 is 2.93 bits per heavy atom. The summed E-state index contributed by atoms with van der Waals surface area (Å²) in [6.07, 6.45) is 7.22. The molecule has 1 saturated heterocycles. The number of carbonyl (C=O) groups excluding carboxylic acids is 1. The van der Waals surface area contributed by atoms with Crippen LogP contribution in [0.5, 0.6) is 0 Å². The van der Waals surface area contributed by atoms with Crippen molar-refractivity contribution in [1.82, 2.24) is 29.6 Å². The van der Waals surface area contributed by atoms with E-state index in [1.165, 1.54) is 6.42 Å². The van der Waals surface area contributed by atoms with Gasteiger partial charge in [-0.15, -0.1) is 0 Å². The number of piperidine rings is 1. The van der Waals surface area contributed by atoms with Crippen LogP contribution in [0.25, 0.3) is 17.3 Å². The third kappa shape index (κ3) is 3.67. The number of nitrogens with zero attached hydrogens (tertiary/aromatic N) is 6. The average molecular weight is 380 g/mol. The molecule has 146 valence electrons. The van der Waals surface area contributed by atoms with Crippen molar-refractivity contribution in [2.45, 2.75) is 39.5 Å². The standard InChI is InChI=1S/C20H24N6O2/c1-13(2)18-23-19(28-24-18)15-6-7-21-17(9-15)26-11-16(22-12-26)20(27)25-8-4-5-14(3)10-25/h6-7,9,11-14H,4-5,8,10H2,1-3H3/t14-/m1/s1. The van der Waals surface area contributed by atoms with Crippen molar-refractivity contribution in [3.63, 3.8) is 0 Å². The van der Waals surface area contributed by atoms with E-state index in [2.05, 4.69) is 27.0 Å². The zero-order chi connectivity index (χ0) is 19.7. The summed E-state index contributed by atoms with van der Waals surface area (Å²) in [5.41, 5.74) is 1.21. The van der Waals surface area contributed by atoms with Gasteiger partial charge >= 0.3 is 0 Å². The van der Waals surface area contributed by atoms with Gasteiger partial charge < -0.3 is 9.42 Å². The number of hydrogen-bond donors (Lipinski definition) is 0. The van der Waals surface area contributed by atoms with Gasteiger partial charge in [0, 0.05) is 37.0 Å². The minimum absolute atomic E-state index is 0.0278. The average Bonchev–Trinajstić information content (AvgIpc) is 3.38. The van der Waals surface area contributed by atoms with Gasteiger partial charge in [0.25, 0.3) is 11.8 Å². The molecule has 28 heavy (non-hydrogen) atoms. The zero-order valence-electron chi connectivity index (χ0n) is 16.4. The molecule has 1 fully saturated rings. The Morgan fingerprint density at radius 2 is 2.18 bits per heavy atom. The highest BCUT2D eigenvalue weighted by Crippen LogP contribution is 2.22. The highest BCUT2D eigenvalue weighted by Gasteiger charge is 2.23. The maximum Gasteiger partial charge on any atom is 0.274 e. The first-order valence-corrected chi connectivity index (χ1v) is 9.65. The SMILES string of the molecule is CC(C)c1noc(-c2ccnc(-n3cnc(C(=O)N4CCC[C@@H](C)C4)c3)c2)n1. The maximum atomic E-state index is 12.7. The Morgan fingerprint density at radius 1 is 1.32 bits per heavy atom. The highest BCUT2D eigenvalue weighted by molar-refractivity contribution is 5.92. The first kappa shape index (κ1) is 18.3. The molecular formula is C20H24N6O2. The third-order valence-electron chi connectivity index (χ3n) is 4.96. The van der Waals surface area contributed by atoms with Crippen molar-refractivity contribution in [1.29, 1.82) is 0 Å². The number of hydrogen-bond acceptors (Lipinski definition) is 6. The first-order valence-electron chi connectivity index (χ1n) is 9.65. The van der Waals surface area contributed by atoms with E-state index < -0.39 is 0 Å². The van der Waals surface area contributed by atoms with Gasteiger partial charge in [0.1, 0.15) is 17.8 Å². The van der Waals surface area contributed by atoms with Gasteiger partial charge in [-0.3, -0.25) is 9.36 Å². The van der Waals surface area contributed by atoms with E-state index in [1.54, 1.807) is 23.3 Å². The minimum Gasteiger partial charge on any atom is -0.337 e. The van der Waals surface area contributed by atoms with Crippen LogP contribution >= 0.6 is 0 Å². The lowest BCUT2D eigenvalue weighted by Gasteiger charge is -2.30. The first-order chi connectivity index (χ1) is 13.5. The van der Waals surface area contributed by atoms with Gasteiger partial charge in [-0.25, -0.2) is 9.97 Å². The Labute approximate surface area is 163 Å². The third-order valence-corrected chi connectivity index (χ3v) is 4.96. The molecule has 1 amide bonds. The minimum atomic E-state index is -0.0278. The monoisotopic (exact) mass is 380 g/mol. The number of pyridine rings is 1. The molecule has 3 aromatic heterocycles. The molecule has 0 unspecified atom stereocenters. The summed E-state index contributed by atoms with van der Waals surface area (Å²) < 4.78 is 7.10. The van der Waals surface area contributed by atoms with E-state index in [0.717, 1.165) is 25.1 Å². The fourth-order valence-electron chi connectivity index (χ4n) is 3.37. The smallest absolute Gasteiger partial charge is 0.274 e. The van der Waals surface area contributed by atoms with Crippen LogP contribution in [0.2, 0.25) is 0 Å². The fourth-order valence-corrected chi connectivity index (χ4v) is 3.37. The molecule has 4 rings (SSSR count). The van der Waals surface area contributed by atoms with Crippen molar-refractivity contribution in [2.24, 2.45) is 5.92 Å². The largest absolute Gasteiger partial charge is 0.337 e. The quantitative estimate of drug-likeness (QED) is 0.690. The number of aromatic nitrogens is 5. The van der Waals surface area contributed by atoms with Crippen LogP contribution in [0, 0.1) is 5.92 Å². The number of rotatable bonds is 4. The Bertz CT molecular complexity index is 976. The second kappa shape index (κ2) is 7.53. The lowest BCUT2D eigenvalue weighted by Crippen LogP contribution is -2.39. The number of imidazole rings is 1. The molecule has 0 saturated carbocycles. The summed E-state index contributed by atoms with van der Waals surface area (Å²) in [5, 5.41) is 4.00. The van der Waals surface area contributed by atoms with E-state index in [-0.39, 0.29) is 11.8 Å². The summed E-state index contributed by atoms with van der Waals surface area (Å²) in [7, 11) is 0. The van der Waals surface area contributed by atoms with Crippen LogP contribution in [0.4, 0.5) is 0 Å². The molecule has 1 aliphatic rings. The van der Waals surface area contributed by atoms with Gasteiger partial charge in [-0.2, -0.15) is 4.98 Å². The maximum absolute atomic E-state index is 12.7. The summed E-state index contributed by atoms with van der Waals surface area (Å²) in [6.45, 7) is 7.78. The second-order valence-corrected chi connectivity index (χ2v) is 7.68. The molecule has 0 radical (unpaired) electrons. The van der Waals surface area contributed by atoms with Crippen LogP contribution in [0.1, 0.15) is 55.8 Å². The molecular weight excluding hydrogens is 356 g/mol. The predicted octanol–water partition coefficient (Wildman–Crippen LogP) is 3.31. The molecule has 1 aliphatic heterocycles. The molecule has 8 heteroatoms. The number of likely N-dealkylation sites (tertiary alicyclic amines) is 1. The summed E-state index contributed by atoms with van der Waals surface area (Å²) in [6, 6.07) is 3.66. The zero-order valence-corrected chi connectivity index (χ0v) is 16.4. The fraction of sp³-hybridized carbons (Fsp3) is 0.450. The molecule has 1 atom stereocenters. The van der Waals surface area contributed by atoms with E-state index in [4.69, 9.17) is 4.52 Å². The lowest BCUT2D eigenvalue weighted by atomic mass is 10.0. The molecule has 0 spiro atoms. The topological polar surface area (TPSA) is 89.9 Å². The van der Waals surface area contributed by atoms with Crippen molar-refractivity contribution in [3.05, 3.63) is 42.4 Å². The van der Waals surface area contributed by atoms with Crippen molar-refractivity contribution in [2.75, 3.05) is 13.1 Å². The lowest BCUT2D eigenvalue weighted by molar-refractivity contribution is 0.0677.